The van der Waals surface area contributed by atoms with Crippen molar-refractivity contribution in [1.82, 2.24) is 0 Å². The van der Waals surface area contributed by atoms with Crippen molar-refractivity contribution in [3.63, 3.8) is 0 Å². The van der Waals surface area contributed by atoms with Gasteiger partial charge in [-0.2, -0.15) is 0 Å². The Morgan fingerprint density at radius 3 is 2.24 bits per heavy atom. The maximum atomic E-state index is 6.02. The first kappa shape index (κ1) is 26.7. The van der Waals surface area contributed by atoms with Crippen LogP contribution in [0.4, 0.5) is 5.69 Å². The SMILES string of the molecule is C/C=C(\C=C/CN)Oc1ccc(C(C)(C)C2=CC=C(Oc3ccc(N)cc3)CC=C2)cc1.CC. The molecule has 0 aliphatic heterocycles. The first-order valence-electron chi connectivity index (χ1n) is 11.8. The number of allylic oxidation sites excluding steroid dienone is 7. The maximum Gasteiger partial charge on any atom is 0.127 e. The highest BCUT2D eigenvalue weighted by Crippen LogP contribution is 2.35. The number of hydrogen-bond acceptors (Lipinski definition) is 4. The van der Waals surface area contributed by atoms with E-state index in [1.54, 1.807) is 0 Å². The van der Waals surface area contributed by atoms with Gasteiger partial charge in [0.1, 0.15) is 23.0 Å². The molecule has 0 atom stereocenters. The Morgan fingerprint density at radius 1 is 0.971 bits per heavy atom. The van der Waals surface area contributed by atoms with Gasteiger partial charge in [-0.1, -0.05) is 64.1 Å². The molecule has 34 heavy (non-hydrogen) atoms. The average Bonchev–Trinajstić information content (AvgIpc) is 3.11. The molecule has 0 unspecified atom stereocenters. The predicted molar refractivity (Wildman–Crippen MR) is 145 cm³/mol. The number of anilines is 1. The summed E-state index contributed by atoms with van der Waals surface area (Å²) >= 11 is 0. The lowest BCUT2D eigenvalue weighted by molar-refractivity contribution is 0.416. The fourth-order valence-corrected chi connectivity index (χ4v) is 3.40. The summed E-state index contributed by atoms with van der Waals surface area (Å²) in [5.74, 6) is 3.25. The van der Waals surface area contributed by atoms with E-state index in [4.69, 9.17) is 20.9 Å². The molecule has 0 bridgehead atoms. The number of hydrogen-bond donors (Lipinski definition) is 2. The number of rotatable bonds is 8. The number of nitrogen functional groups attached to an aromatic ring is 1. The molecule has 180 valence electrons. The molecule has 4 N–H and O–H groups in total. The molecule has 1 aliphatic rings. The topological polar surface area (TPSA) is 70.5 Å². The van der Waals surface area contributed by atoms with Crippen LogP contribution in [-0.4, -0.2) is 6.54 Å². The third-order valence-corrected chi connectivity index (χ3v) is 5.43. The summed E-state index contributed by atoms with van der Waals surface area (Å²) in [6.45, 7) is 10.9. The maximum absolute atomic E-state index is 6.02. The minimum absolute atomic E-state index is 0.176. The highest BCUT2D eigenvalue weighted by molar-refractivity contribution is 5.46. The van der Waals surface area contributed by atoms with Gasteiger partial charge in [-0.15, -0.1) is 0 Å². The molecule has 4 heteroatoms. The molecular formula is C30H38N2O2. The summed E-state index contributed by atoms with van der Waals surface area (Å²) < 4.78 is 12.0. The molecule has 1 aliphatic carbocycles. The van der Waals surface area contributed by atoms with Crippen LogP contribution in [-0.2, 0) is 5.41 Å². The summed E-state index contributed by atoms with van der Waals surface area (Å²) in [6, 6.07) is 15.7. The lowest BCUT2D eigenvalue weighted by Crippen LogP contribution is -2.19. The molecule has 3 rings (SSSR count). The van der Waals surface area contributed by atoms with Gasteiger partial charge >= 0.3 is 0 Å². The van der Waals surface area contributed by atoms with Gasteiger partial charge in [-0.25, -0.2) is 0 Å². The van der Waals surface area contributed by atoms with E-state index in [1.165, 1.54) is 11.1 Å². The van der Waals surface area contributed by atoms with Crippen molar-refractivity contribution >= 4 is 5.69 Å². The molecule has 0 fully saturated rings. The molecule has 0 radical (unpaired) electrons. The summed E-state index contributed by atoms with van der Waals surface area (Å²) in [5, 5.41) is 0. The second kappa shape index (κ2) is 13.3. The summed E-state index contributed by atoms with van der Waals surface area (Å²) in [4.78, 5) is 0. The molecule has 4 nitrogen and oxygen atoms in total. The fourth-order valence-electron chi connectivity index (χ4n) is 3.40. The zero-order valence-electron chi connectivity index (χ0n) is 21.0. The van der Waals surface area contributed by atoms with Crippen LogP contribution < -0.4 is 20.9 Å². The molecule has 0 amide bonds. The lowest BCUT2D eigenvalue weighted by Gasteiger charge is -2.27. The highest BCUT2D eigenvalue weighted by atomic mass is 16.5. The standard InChI is InChI=1S/C28H32N2O2.C2H6/c1-4-24(9-6-20-29)31-26-16-11-22(12-17-26)28(2,3)21-7-5-8-25(15-10-21)32-27-18-13-23(30)14-19-27;1-2/h4-7,9-19H,8,20,29-30H2,1-3H3;1-2H3/b9-6-,24-4+;. The molecule has 2 aromatic rings. The van der Waals surface area contributed by atoms with E-state index in [1.807, 2.05) is 81.5 Å². The second-order valence-electron chi connectivity index (χ2n) is 8.11. The minimum Gasteiger partial charge on any atom is -0.461 e. The molecule has 2 aromatic carbocycles. The van der Waals surface area contributed by atoms with Crippen molar-refractivity contribution in [1.29, 1.82) is 0 Å². The molecule has 0 spiro atoms. The van der Waals surface area contributed by atoms with Gasteiger partial charge in [0.2, 0.25) is 0 Å². The van der Waals surface area contributed by atoms with E-state index in [9.17, 15) is 0 Å². The molecule has 0 saturated heterocycles. The van der Waals surface area contributed by atoms with Gasteiger partial charge in [0.15, 0.2) is 0 Å². The molecular weight excluding hydrogens is 420 g/mol. The summed E-state index contributed by atoms with van der Waals surface area (Å²) in [7, 11) is 0. The van der Waals surface area contributed by atoms with Crippen molar-refractivity contribution in [3.8, 4) is 11.5 Å². The average molecular weight is 459 g/mol. The second-order valence-corrected chi connectivity index (χ2v) is 8.11. The van der Waals surface area contributed by atoms with Crippen molar-refractivity contribution in [3.05, 3.63) is 114 Å². The van der Waals surface area contributed by atoms with Crippen molar-refractivity contribution in [2.45, 2.75) is 46.5 Å². The van der Waals surface area contributed by atoms with E-state index in [0.717, 1.165) is 35.1 Å². The number of nitrogens with two attached hydrogens (primary N) is 2. The van der Waals surface area contributed by atoms with Crippen LogP contribution in [0.1, 0.15) is 46.6 Å². The van der Waals surface area contributed by atoms with Crippen LogP contribution in [0.5, 0.6) is 11.5 Å². The van der Waals surface area contributed by atoms with Gasteiger partial charge in [0, 0.05) is 24.1 Å². The number of benzene rings is 2. The Bertz CT molecular complexity index is 1050. The van der Waals surface area contributed by atoms with Gasteiger partial charge in [0.25, 0.3) is 0 Å². The smallest absolute Gasteiger partial charge is 0.127 e. The Kier molecular flexibility index (Phi) is 10.4. The zero-order chi connectivity index (χ0) is 25.0. The first-order valence-corrected chi connectivity index (χ1v) is 11.8. The third kappa shape index (κ3) is 7.53. The quantitative estimate of drug-likeness (QED) is 0.249. The Morgan fingerprint density at radius 2 is 1.62 bits per heavy atom. The van der Waals surface area contributed by atoms with Crippen LogP contribution >= 0.6 is 0 Å². The van der Waals surface area contributed by atoms with E-state index in [0.29, 0.717) is 6.54 Å². The Labute approximate surface area is 205 Å². The van der Waals surface area contributed by atoms with Gasteiger partial charge in [0.05, 0.1) is 0 Å². The molecule has 0 aromatic heterocycles. The molecule has 0 heterocycles. The third-order valence-electron chi connectivity index (χ3n) is 5.43. The highest BCUT2D eigenvalue weighted by Gasteiger charge is 2.24. The van der Waals surface area contributed by atoms with Crippen molar-refractivity contribution in [2.75, 3.05) is 12.3 Å². The lowest BCUT2D eigenvalue weighted by atomic mass is 9.77. The van der Waals surface area contributed by atoms with Crippen LogP contribution in [0.3, 0.4) is 0 Å². The van der Waals surface area contributed by atoms with Crippen LogP contribution in [0, 0.1) is 0 Å². The predicted octanol–water partition coefficient (Wildman–Crippen LogP) is 7.22. The van der Waals surface area contributed by atoms with Gasteiger partial charge in [-0.3, -0.25) is 0 Å². The van der Waals surface area contributed by atoms with E-state index in [-0.39, 0.29) is 5.41 Å². The van der Waals surface area contributed by atoms with Gasteiger partial charge in [-0.05, 0) is 72.7 Å². The van der Waals surface area contributed by atoms with Crippen LogP contribution in [0.2, 0.25) is 0 Å². The Hall–Kier alpha value is -3.50. The molecule has 0 saturated carbocycles. The van der Waals surface area contributed by atoms with Gasteiger partial charge < -0.3 is 20.9 Å². The minimum atomic E-state index is -0.176. The van der Waals surface area contributed by atoms with E-state index in [2.05, 4.69) is 44.2 Å². The zero-order valence-corrected chi connectivity index (χ0v) is 21.0. The summed E-state index contributed by atoms with van der Waals surface area (Å²) in [5.41, 5.74) is 14.3. The van der Waals surface area contributed by atoms with Crippen molar-refractivity contribution in [2.24, 2.45) is 5.73 Å². The van der Waals surface area contributed by atoms with Crippen molar-refractivity contribution < 1.29 is 9.47 Å². The fraction of sp³-hybridized carbons (Fsp3) is 0.267. The van der Waals surface area contributed by atoms with E-state index >= 15 is 0 Å². The largest absolute Gasteiger partial charge is 0.461 e. The Balaban J connectivity index is 0.00000199. The van der Waals surface area contributed by atoms with Crippen LogP contribution in [0.25, 0.3) is 0 Å². The van der Waals surface area contributed by atoms with E-state index < -0.39 is 0 Å². The summed E-state index contributed by atoms with van der Waals surface area (Å²) in [6.07, 6.45) is 14.9. The first-order chi connectivity index (χ1) is 16.4. The monoisotopic (exact) mass is 458 g/mol. The number of ether oxygens (including phenoxy) is 2. The normalized spacial score (nSPS) is 14.0. The van der Waals surface area contributed by atoms with Crippen LogP contribution in [0.15, 0.2) is 108 Å².